The molecule has 1 fully saturated rings. The molecule has 0 aliphatic carbocycles. The molecule has 0 spiro atoms. The molecule has 4 nitrogen and oxygen atoms in total. The van der Waals surface area contributed by atoms with Gasteiger partial charge in [0, 0.05) is 12.5 Å². The Bertz CT molecular complexity index is 493. The standard InChI is InChI=1S/C17H25FN2O2.ClH/c1-2-11-22-16-12-14(18)4-5-15(16)20-17(21)6-3-13-7-9-19-10-8-13;/h4-5,12-13,19H,2-3,6-11H2,1H3,(H,20,21);1H. The van der Waals surface area contributed by atoms with Crippen molar-refractivity contribution in [3.8, 4) is 5.75 Å². The van der Waals surface area contributed by atoms with Crippen LogP contribution in [-0.2, 0) is 4.79 Å². The fraction of sp³-hybridized carbons (Fsp3) is 0.588. The van der Waals surface area contributed by atoms with Gasteiger partial charge in [0.15, 0.2) is 0 Å². The highest BCUT2D eigenvalue weighted by Gasteiger charge is 2.15. The molecule has 2 rings (SSSR count). The van der Waals surface area contributed by atoms with Crippen LogP contribution in [0.15, 0.2) is 18.2 Å². The molecular weight excluding hydrogens is 319 g/mol. The number of piperidine rings is 1. The van der Waals surface area contributed by atoms with Crippen molar-refractivity contribution in [1.29, 1.82) is 0 Å². The molecule has 2 N–H and O–H groups in total. The maximum atomic E-state index is 13.3. The summed E-state index contributed by atoms with van der Waals surface area (Å²) in [5.41, 5.74) is 0.546. The molecule has 0 atom stereocenters. The van der Waals surface area contributed by atoms with E-state index in [9.17, 15) is 9.18 Å². The molecule has 0 radical (unpaired) electrons. The smallest absolute Gasteiger partial charge is 0.224 e. The van der Waals surface area contributed by atoms with Crippen LogP contribution < -0.4 is 15.4 Å². The summed E-state index contributed by atoms with van der Waals surface area (Å²) in [6.45, 7) is 4.57. The van der Waals surface area contributed by atoms with Crippen molar-refractivity contribution in [3.63, 3.8) is 0 Å². The molecule has 0 unspecified atom stereocenters. The van der Waals surface area contributed by atoms with Crippen LogP contribution in [0.2, 0.25) is 0 Å². The van der Waals surface area contributed by atoms with Crippen molar-refractivity contribution in [1.82, 2.24) is 5.32 Å². The quantitative estimate of drug-likeness (QED) is 0.792. The number of anilines is 1. The Balaban J connectivity index is 0.00000264. The van der Waals surface area contributed by atoms with E-state index < -0.39 is 0 Å². The van der Waals surface area contributed by atoms with Gasteiger partial charge in [-0.25, -0.2) is 4.39 Å². The topological polar surface area (TPSA) is 50.4 Å². The second kappa shape index (κ2) is 10.4. The van der Waals surface area contributed by atoms with Crippen molar-refractivity contribution in [3.05, 3.63) is 24.0 Å². The van der Waals surface area contributed by atoms with Crippen LogP contribution >= 0.6 is 12.4 Å². The van der Waals surface area contributed by atoms with Gasteiger partial charge < -0.3 is 15.4 Å². The summed E-state index contributed by atoms with van der Waals surface area (Å²) in [6.07, 6.45) is 4.50. The van der Waals surface area contributed by atoms with Crippen molar-refractivity contribution in [2.75, 3.05) is 25.0 Å². The molecule has 6 heteroatoms. The highest BCUT2D eigenvalue weighted by molar-refractivity contribution is 5.92. The predicted molar refractivity (Wildman–Crippen MR) is 92.9 cm³/mol. The van der Waals surface area contributed by atoms with E-state index in [4.69, 9.17) is 4.74 Å². The minimum absolute atomic E-state index is 0. The lowest BCUT2D eigenvalue weighted by Gasteiger charge is -2.22. The number of carbonyl (C=O) groups is 1. The third-order valence-electron chi connectivity index (χ3n) is 3.92. The normalized spacial score (nSPS) is 14.9. The number of benzene rings is 1. The van der Waals surface area contributed by atoms with Crippen LogP contribution in [0, 0.1) is 11.7 Å². The van der Waals surface area contributed by atoms with E-state index in [0.717, 1.165) is 38.8 Å². The third-order valence-corrected chi connectivity index (χ3v) is 3.92. The van der Waals surface area contributed by atoms with E-state index in [0.29, 0.717) is 30.4 Å². The van der Waals surface area contributed by atoms with Crippen LogP contribution in [0.3, 0.4) is 0 Å². The van der Waals surface area contributed by atoms with Gasteiger partial charge in [0.1, 0.15) is 11.6 Å². The summed E-state index contributed by atoms with van der Waals surface area (Å²) in [6, 6.07) is 4.21. The average molecular weight is 345 g/mol. The highest BCUT2D eigenvalue weighted by Crippen LogP contribution is 2.26. The molecule has 130 valence electrons. The molecule has 1 amide bonds. The Morgan fingerprint density at radius 2 is 2.13 bits per heavy atom. The van der Waals surface area contributed by atoms with Crippen LogP contribution in [-0.4, -0.2) is 25.6 Å². The Morgan fingerprint density at radius 1 is 1.39 bits per heavy atom. The number of hydrogen-bond donors (Lipinski definition) is 2. The van der Waals surface area contributed by atoms with Gasteiger partial charge in [-0.2, -0.15) is 0 Å². The summed E-state index contributed by atoms with van der Waals surface area (Å²) >= 11 is 0. The zero-order valence-electron chi connectivity index (χ0n) is 13.6. The maximum Gasteiger partial charge on any atom is 0.224 e. The van der Waals surface area contributed by atoms with Crippen LogP contribution in [0.4, 0.5) is 10.1 Å². The van der Waals surface area contributed by atoms with E-state index in [2.05, 4.69) is 10.6 Å². The fourth-order valence-electron chi connectivity index (χ4n) is 2.65. The number of rotatable bonds is 7. The Kier molecular flexibility index (Phi) is 8.95. The zero-order chi connectivity index (χ0) is 15.8. The number of ether oxygens (including phenoxy) is 1. The van der Waals surface area contributed by atoms with Gasteiger partial charge in [-0.3, -0.25) is 4.79 Å². The first kappa shape index (κ1) is 19.7. The van der Waals surface area contributed by atoms with E-state index >= 15 is 0 Å². The molecule has 1 heterocycles. The number of halogens is 2. The predicted octanol–water partition coefficient (Wildman–Crippen LogP) is 3.75. The van der Waals surface area contributed by atoms with E-state index in [1.807, 2.05) is 6.92 Å². The number of nitrogens with one attached hydrogen (secondary N) is 2. The van der Waals surface area contributed by atoms with Gasteiger partial charge in [0.2, 0.25) is 5.91 Å². The molecule has 0 bridgehead atoms. The van der Waals surface area contributed by atoms with Gasteiger partial charge in [-0.1, -0.05) is 6.92 Å². The SMILES string of the molecule is CCCOc1cc(F)ccc1NC(=O)CCC1CCNCC1.Cl. The fourth-order valence-corrected chi connectivity index (χ4v) is 2.65. The molecule has 0 aromatic heterocycles. The molecule has 23 heavy (non-hydrogen) atoms. The Labute approximate surface area is 143 Å². The number of hydrogen-bond acceptors (Lipinski definition) is 3. The van der Waals surface area contributed by atoms with Gasteiger partial charge in [-0.15, -0.1) is 12.4 Å². The van der Waals surface area contributed by atoms with E-state index in [1.165, 1.54) is 12.1 Å². The second-order valence-corrected chi connectivity index (χ2v) is 5.77. The molecule has 1 saturated heterocycles. The number of amides is 1. The van der Waals surface area contributed by atoms with Crippen molar-refractivity contribution in [2.45, 2.75) is 39.0 Å². The monoisotopic (exact) mass is 344 g/mol. The molecular formula is C17H26ClFN2O2. The molecule has 1 aliphatic heterocycles. The minimum Gasteiger partial charge on any atom is -0.491 e. The summed E-state index contributed by atoms with van der Waals surface area (Å²) in [7, 11) is 0. The van der Waals surface area contributed by atoms with Crippen molar-refractivity contribution < 1.29 is 13.9 Å². The maximum absolute atomic E-state index is 13.3. The van der Waals surface area contributed by atoms with Crippen LogP contribution in [0.25, 0.3) is 0 Å². The van der Waals surface area contributed by atoms with Gasteiger partial charge in [0.05, 0.1) is 12.3 Å². The zero-order valence-corrected chi connectivity index (χ0v) is 14.4. The van der Waals surface area contributed by atoms with Gasteiger partial charge in [-0.05, 0) is 56.8 Å². The van der Waals surface area contributed by atoms with Crippen molar-refractivity contribution >= 4 is 24.0 Å². The van der Waals surface area contributed by atoms with Crippen LogP contribution in [0.1, 0.15) is 39.0 Å². The first-order valence-electron chi connectivity index (χ1n) is 8.12. The lowest BCUT2D eigenvalue weighted by atomic mass is 9.93. The van der Waals surface area contributed by atoms with E-state index in [1.54, 1.807) is 6.07 Å². The van der Waals surface area contributed by atoms with Gasteiger partial charge in [0.25, 0.3) is 0 Å². The summed E-state index contributed by atoms with van der Waals surface area (Å²) < 4.78 is 18.8. The Hall–Kier alpha value is -1.33. The molecule has 0 saturated carbocycles. The number of carbonyl (C=O) groups excluding carboxylic acids is 1. The van der Waals surface area contributed by atoms with E-state index in [-0.39, 0.29) is 24.1 Å². The largest absolute Gasteiger partial charge is 0.491 e. The lowest BCUT2D eigenvalue weighted by molar-refractivity contribution is -0.116. The second-order valence-electron chi connectivity index (χ2n) is 5.77. The van der Waals surface area contributed by atoms with Crippen molar-refractivity contribution in [2.24, 2.45) is 5.92 Å². The summed E-state index contributed by atoms with van der Waals surface area (Å²) in [4.78, 5) is 12.1. The lowest BCUT2D eigenvalue weighted by Crippen LogP contribution is -2.28. The average Bonchev–Trinajstić information content (AvgIpc) is 2.54. The third kappa shape index (κ3) is 6.75. The molecule has 1 aromatic rings. The van der Waals surface area contributed by atoms with Crippen LogP contribution in [0.5, 0.6) is 5.75 Å². The van der Waals surface area contributed by atoms with Gasteiger partial charge >= 0.3 is 0 Å². The summed E-state index contributed by atoms with van der Waals surface area (Å²) in [5, 5.41) is 6.16. The highest BCUT2D eigenvalue weighted by atomic mass is 35.5. The first-order valence-corrected chi connectivity index (χ1v) is 8.12. The summed E-state index contributed by atoms with van der Waals surface area (Å²) in [5.74, 6) is 0.624. The minimum atomic E-state index is -0.362. The molecule has 1 aromatic carbocycles. The Morgan fingerprint density at radius 3 is 2.83 bits per heavy atom. The molecule has 1 aliphatic rings. The first-order chi connectivity index (χ1) is 10.7.